The van der Waals surface area contributed by atoms with E-state index in [0.29, 0.717) is 19.3 Å². The normalized spacial score (nSPS) is 25.4. The van der Waals surface area contributed by atoms with E-state index in [1.165, 1.54) is 0 Å². The number of aliphatic hydroxyl groups excluding tert-OH is 1. The number of alkyl halides is 5. The zero-order valence-corrected chi connectivity index (χ0v) is 21.8. The monoisotopic (exact) mass is 573 g/mol. The summed E-state index contributed by atoms with van der Waals surface area (Å²) in [5.41, 5.74) is -0.948. The molecule has 0 unspecified atom stereocenters. The van der Waals surface area contributed by atoms with E-state index >= 15 is 0 Å². The highest BCUT2D eigenvalue weighted by molar-refractivity contribution is 7.17. The summed E-state index contributed by atoms with van der Waals surface area (Å²) in [6.45, 7) is 0.843. The Balaban J connectivity index is 1.52. The van der Waals surface area contributed by atoms with Crippen LogP contribution in [0.4, 0.5) is 27.8 Å². The highest BCUT2D eigenvalue weighted by Gasteiger charge is 2.44. The Kier molecular flexibility index (Phi) is 7.53. The predicted octanol–water partition coefficient (Wildman–Crippen LogP) is 4.92. The molecule has 0 aromatic carbocycles. The van der Waals surface area contributed by atoms with E-state index in [0.717, 1.165) is 56.2 Å². The lowest BCUT2D eigenvalue weighted by atomic mass is 10.0. The number of amides is 2. The maximum atomic E-state index is 14.2. The van der Waals surface area contributed by atoms with Crippen molar-refractivity contribution >= 4 is 29.0 Å². The zero-order chi connectivity index (χ0) is 28.1. The Morgan fingerprint density at radius 3 is 2.36 bits per heavy atom. The molecule has 2 aromatic heterocycles. The van der Waals surface area contributed by atoms with Gasteiger partial charge in [-0.25, -0.2) is 18.7 Å². The first-order valence-electron chi connectivity index (χ1n) is 12.9. The van der Waals surface area contributed by atoms with Crippen LogP contribution in [0.2, 0.25) is 0 Å². The topological polar surface area (TPSA) is 107 Å². The fraction of sp³-hybridized carbons (Fsp3) is 0.600. The van der Waals surface area contributed by atoms with Crippen molar-refractivity contribution in [2.45, 2.75) is 94.7 Å². The van der Waals surface area contributed by atoms with Crippen molar-refractivity contribution in [1.82, 2.24) is 20.2 Å². The lowest BCUT2D eigenvalue weighted by molar-refractivity contribution is -0.138. The van der Waals surface area contributed by atoms with Gasteiger partial charge in [-0.15, -0.1) is 11.3 Å². The quantitative estimate of drug-likeness (QED) is 0.406. The van der Waals surface area contributed by atoms with Crippen molar-refractivity contribution in [3.63, 3.8) is 0 Å². The summed E-state index contributed by atoms with van der Waals surface area (Å²) >= 11 is 0.764. The second kappa shape index (κ2) is 10.6. The van der Waals surface area contributed by atoms with Crippen LogP contribution < -0.4 is 10.6 Å². The summed E-state index contributed by atoms with van der Waals surface area (Å²) < 4.78 is 67.4. The molecule has 1 saturated carbocycles. The minimum absolute atomic E-state index is 0.0115. The molecule has 3 N–H and O–H groups in total. The number of nitrogens with one attached hydrogen (secondary N) is 2. The van der Waals surface area contributed by atoms with Crippen LogP contribution in [0.25, 0.3) is 10.4 Å². The van der Waals surface area contributed by atoms with Crippen LogP contribution in [0.1, 0.15) is 84.1 Å². The number of rotatable bonds is 7. The number of carbonyl (C=O) groups is 2. The van der Waals surface area contributed by atoms with Gasteiger partial charge in [0.25, 0.3) is 18.2 Å². The molecule has 1 aliphatic carbocycles. The molecule has 2 amide bonds. The summed E-state index contributed by atoms with van der Waals surface area (Å²) in [4.78, 5) is 36.7. The summed E-state index contributed by atoms with van der Waals surface area (Å²) in [6.07, 6.45) is -2.47. The van der Waals surface area contributed by atoms with Gasteiger partial charge in [-0.3, -0.25) is 9.59 Å². The molecule has 5 rings (SSSR count). The van der Waals surface area contributed by atoms with Gasteiger partial charge in [-0.2, -0.15) is 13.2 Å². The number of fused-ring (bicyclic) bond motifs is 2. The zero-order valence-electron chi connectivity index (χ0n) is 21.0. The first kappa shape index (κ1) is 27.7. The Morgan fingerprint density at radius 2 is 1.79 bits per heavy atom. The average molecular weight is 574 g/mol. The minimum Gasteiger partial charge on any atom is -0.393 e. The van der Waals surface area contributed by atoms with E-state index in [9.17, 15) is 36.6 Å². The number of halogens is 5. The number of nitrogens with zero attached hydrogens (tertiary/aromatic N) is 3. The number of aliphatic hydroxyl groups is 1. The molecule has 39 heavy (non-hydrogen) atoms. The minimum atomic E-state index is -4.62. The number of anilines is 1. The standard InChI is InChI=1S/C25H28F5N5O3S/c1-11(25(28,29)30)32-18-9-16(21(26)27)17(10-31-18)20-19(24(38)35-13-3-4-14(35)6-5-13)34-23(39-20)22(37)33-12-2-7-15(36)8-12/h9-15,21,36H,2-8H2,1H3,(H,31,32)(H,33,37)/t11-,12+,13-,14+,15+/m0/s1. The first-order chi connectivity index (χ1) is 18.4. The third kappa shape index (κ3) is 5.58. The summed E-state index contributed by atoms with van der Waals surface area (Å²) in [7, 11) is 0. The van der Waals surface area contributed by atoms with Crippen molar-refractivity contribution in [2.75, 3.05) is 5.32 Å². The molecule has 3 atom stereocenters. The van der Waals surface area contributed by atoms with Gasteiger partial charge in [0.1, 0.15) is 17.6 Å². The van der Waals surface area contributed by atoms with Gasteiger partial charge in [0, 0.05) is 35.4 Å². The fourth-order valence-corrected chi connectivity index (χ4v) is 6.66. The second-order valence-corrected chi connectivity index (χ2v) is 11.4. The molecule has 3 aliphatic rings. The maximum absolute atomic E-state index is 14.2. The lowest BCUT2D eigenvalue weighted by Crippen LogP contribution is -2.36. The van der Waals surface area contributed by atoms with Crippen molar-refractivity contribution in [1.29, 1.82) is 0 Å². The van der Waals surface area contributed by atoms with Crippen LogP contribution in [0.5, 0.6) is 0 Å². The predicted molar refractivity (Wildman–Crippen MR) is 133 cm³/mol. The third-order valence-corrected chi connectivity index (χ3v) is 8.81. The largest absolute Gasteiger partial charge is 0.408 e. The maximum Gasteiger partial charge on any atom is 0.408 e. The molecule has 0 spiro atoms. The van der Waals surface area contributed by atoms with Gasteiger partial charge in [0.2, 0.25) is 0 Å². The first-order valence-corrected chi connectivity index (χ1v) is 13.7. The Hall–Kier alpha value is -2.87. The highest BCUT2D eigenvalue weighted by atomic mass is 32.1. The van der Waals surface area contributed by atoms with Crippen LogP contribution in [-0.2, 0) is 0 Å². The number of aromatic nitrogens is 2. The Bertz CT molecular complexity index is 1240. The molecule has 2 aromatic rings. The third-order valence-electron chi connectivity index (χ3n) is 7.72. The number of pyridine rings is 1. The molecule has 8 nitrogen and oxygen atoms in total. The Morgan fingerprint density at radius 1 is 1.13 bits per heavy atom. The fourth-order valence-electron chi connectivity index (χ4n) is 5.67. The highest BCUT2D eigenvalue weighted by Crippen LogP contribution is 2.42. The number of thiazole rings is 1. The van der Waals surface area contributed by atoms with Crippen molar-refractivity contribution in [3.8, 4) is 10.4 Å². The summed E-state index contributed by atoms with van der Waals surface area (Å²) in [5, 5.41) is 14.5. The second-order valence-electron chi connectivity index (χ2n) is 10.4. The number of carbonyl (C=O) groups excluding carboxylic acids is 2. The van der Waals surface area contributed by atoms with Crippen molar-refractivity contribution < 1.29 is 36.6 Å². The van der Waals surface area contributed by atoms with Gasteiger partial charge >= 0.3 is 6.18 Å². The smallest absolute Gasteiger partial charge is 0.393 e. The van der Waals surface area contributed by atoms with E-state index in [2.05, 4.69) is 20.6 Å². The van der Waals surface area contributed by atoms with E-state index in [1.54, 1.807) is 4.90 Å². The van der Waals surface area contributed by atoms with Gasteiger partial charge in [-0.05, 0) is 57.9 Å². The average Bonchev–Trinajstić information content (AvgIpc) is 3.67. The number of hydrogen-bond donors (Lipinski definition) is 3. The molecule has 0 radical (unpaired) electrons. The molecule has 3 fully saturated rings. The van der Waals surface area contributed by atoms with Crippen molar-refractivity contribution in [3.05, 3.63) is 28.5 Å². The molecular formula is C25H28F5N5O3S. The van der Waals surface area contributed by atoms with E-state index in [-0.39, 0.29) is 39.3 Å². The van der Waals surface area contributed by atoms with E-state index in [1.807, 2.05) is 0 Å². The molecule has 212 valence electrons. The van der Waals surface area contributed by atoms with Gasteiger partial charge < -0.3 is 20.6 Å². The van der Waals surface area contributed by atoms with Crippen LogP contribution in [-0.4, -0.2) is 68.2 Å². The molecule has 2 aliphatic heterocycles. The number of hydrogen-bond acceptors (Lipinski definition) is 7. The summed E-state index contributed by atoms with van der Waals surface area (Å²) in [6, 6.07) is -1.46. The SMILES string of the molecule is C[C@H](Nc1cc(C(F)F)c(-c2sc(C(=O)N[C@@H]3CC[C@@H](O)C3)nc2C(=O)N2[C@H]3CC[C@@H]2CC3)cn1)C(F)(F)F. The van der Waals surface area contributed by atoms with E-state index in [4.69, 9.17) is 0 Å². The van der Waals surface area contributed by atoms with Gasteiger partial charge in [-0.1, -0.05) is 0 Å². The molecular weight excluding hydrogens is 545 g/mol. The van der Waals surface area contributed by atoms with Gasteiger partial charge in [0.05, 0.1) is 11.0 Å². The summed E-state index contributed by atoms with van der Waals surface area (Å²) in [5.74, 6) is -1.45. The van der Waals surface area contributed by atoms with Crippen LogP contribution >= 0.6 is 11.3 Å². The lowest BCUT2D eigenvalue weighted by Gasteiger charge is -2.22. The van der Waals surface area contributed by atoms with E-state index < -0.39 is 47.9 Å². The Labute approximate surface area is 225 Å². The van der Waals surface area contributed by atoms with Crippen LogP contribution in [0.15, 0.2) is 12.3 Å². The molecule has 14 heteroatoms. The molecule has 4 heterocycles. The van der Waals surface area contributed by atoms with Crippen molar-refractivity contribution in [2.24, 2.45) is 0 Å². The molecule has 2 bridgehead atoms. The van der Waals surface area contributed by atoms with Gasteiger partial charge in [0.15, 0.2) is 5.01 Å². The van der Waals surface area contributed by atoms with Crippen LogP contribution in [0, 0.1) is 0 Å². The molecule has 2 saturated heterocycles. The van der Waals surface area contributed by atoms with Crippen LogP contribution in [0.3, 0.4) is 0 Å².